The largest absolute Gasteiger partial charge is 0.338 e. The average Bonchev–Trinajstić information content (AvgIpc) is 3.06. The number of fused-ring (bicyclic) bond motifs is 1. The Kier molecular flexibility index (Phi) is 4.75. The number of aromatic nitrogens is 1. The number of carbonyl (C=O) groups is 1. The number of nitrogens with zero attached hydrogens (tertiary/aromatic N) is 2. The molecule has 2 N–H and O–H groups in total. The van der Waals surface area contributed by atoms with Crippen molar-refractivity contribution < 1.29 is 4.79 Å². The van der Waals surface area contributed by atoms with Crippen LogP contribution in [-0.4, -0.2) is 47.6 Å². The number of urea groups is 1. The van der Waals surface area contributed by atoms with Crippen molar-refractivity contribution in [2.45, 2.75) is 51.1 Å². The first-order chi connectivity index (χ1) is 10.2. The fraction of sp³-hybridized carbons (Fsp3) is 0.733. The number of thiazole rings is 1. The second-order valence-corrected chi connectivity index (χ2v) is 7.06. The molecule has 1 aromatic heterocycles. The minimum absolute atomic E-state index is 0.0284. The van der Waals surface area contributed by atoms with Crippen LogP contribution < -0.4 is 10.6 Å². The van der Waals surface area contributed by atoms with Crippen molar-refractivity contribution in [1.82, 2.24) is 20.5 Å². The molecular formula is C15H24N4OS. The Bertz CT molecular complexity index is 490. The maximum atomic E-state index is 12.0. The van der Waals surface area contributed by atoms with Crippen LogP contribution in [0.25, 0.3) is 0 Å². The van der Waals surface area contributed by atoms with Crippen LogP contribution in [0.2, 0.25) is 0 Å². The molecule has 21 heavy (non-hydrogen) atoms. The van der Waals surface area contributed by atoms with Gasteiger partial charge in [-0.05, 0) is 32.7 Å². The number of nitrogens with one attached hydrogen (secondary N) is 2. The number of aryl methyl sites for hydroxylation is 1. The zero-order valence-electron chi connectivity index (χ0n) is 12.6. The number of hydrogen-bond donors (Lipinski definition) is 2. The summed E-state index contributed by atoms with van der Waals surface area (Å²) >= 11 is 1.66. The molecule has 2 fully saturated rings. The third-order valence-corrected chi connectivity index (χ3v) is 5.33. The highest BCUT2D eigenvalue weighted by atomic mass is 32.1. The van der Waals surface area contributed by atoms with Gasteiger partial charge in [-0.3, -0.25) is 4.90 Å². The molecule has 2 saturated heterocycles. The first-order valence-electron chi connectivity index (χ1n) is 7.92. The number of amides is 2. The van der Waals surface area contributed by atoms with Crippen LogP contribution in [0, 0.1) is 6.92 Å². The minimum Gasteiger partial charge on any atom is -0.338 e. The van der Waals surface area contributed by atoms with E-state index < -0.39 is 0 Å². The summed E-state index contributed by atoms with van der Waals surface area (Å²) in [5, 5.41) is 9.26. The van der Waals surface area contributed by atoms with Crippen molar-refractivity contribution in [2.75, 3.05) is 19.6 Å². The molecular weight excluding hydrogens is 284 g/mol. The van der Waals surface area contributed by atoms with Crippen LogP contribution in [0.15, 0.2) is 5.38 Å². The van der Waals surface area contributed by atoms with Crippen LogP contribution in [0.3, 0.4) is 0 Å². The van der Waals surface area contributed by atoms with Crippen molar-refractivity contribution in [2.24, 2.45) is 0 Å². The quantitative estimate of drug-likeness (QED) is 0.893. The molecule has 2 aliphatic rings. The molecule has 2 atom stereocenters. The highest BCUT2D eigenvalue weighted by molar-refractivity contribution is 7.09. The Labute approximate surface area is 130 Å². The normalized spacial score (nSPS) is 25.6. The van der Waals surface area contributed by atoms with Crippen LogP contribution >= 0.6 is 11.3 Å². The van der Waals surface area contributed by atoms with Gasteiger partial charge in [0, 0.05) is 37.0 Å². The molecule has 116 valence electrons. The molecule has 0 spiro atoms. The number of hydrogen-bond acceptors (Lipinski definition) is 4. The molecule has 0 aromatic carbocycles. The van der Waals surface area contributed by atoms with E-state index in [-0.39, 0.29) is 6.03 Å². The van der Waals surface area contributed by atoms with Gasteiger partial charge in [0.15, 0.2) is 0 Å². The monoisotopic (exact) mass is 308 g/mol. The van der Waals surface area contributed by atoms with Crippen molar-refractivity contribution in [3.8, 4) is 0 Å². The van der Waals surface area contributed by atoms with Gasteiger partial charge in [-0.15, -0.1) is 11.3 Å². The van der Waals surface area contributed by atoms with Crippen molar-refractivity contribution in [3.63, 3.8) is 0 Å². The Balaban J connectivity index is 1.40. The highest BCUT2D eigenvalue weighted by Gasteiger charge is 2.36. The van der Waals surface area contributed by atoms with Gasteiger partial charge >= 0.3 is 6.03 Å². The molecule has 0 saturated carbocycles. The van der Waals surface area contributed by atoms with E-state index in [1.54, 1.807) is 11.3 Å². The molecule has 2 amide bonds. The lowest BCUT2D eigenvalue weighted by Gasteiger charge is -2.32. The maximum absolute atomic E-state index is 12.0. The molecule has 0 bridgehead atoms. The van der Waals surface area contributed by atoms with Gasteiger partial charge in [0.25, 0.3) is 0 Å². The SMILES string of the molecule is Cc1nc(CCNC(=O)N[C@@H]2CCN3CCCC[C@H]23)cs1. The van der Waals surface area contributed by atoms with Gasteiger partial charge in [-0.25, -0.2) is 9.78 Å². The second kappa shape index (κ2) is 6.75. The van der Waals surface area contributed by atoms with E-state index in [2.05, 4.69) is 25.9 Å². The van der Waals surface area contributed by atoms with E-state index in [0.717, 1.165) is 30.1 Å². The van der Waals surface area contributed by atoms with Crippen molar-refractivity contribution >= 4 is 17.4 Å². The molecule has 0 radical (unpaired) electrons. The summed E-state index contributed by atoms with van der Waals surface area (Å²) in [5.74, 6) is 0. The van der Waals surface area contributed by atoms with E-state index in [9.17, 15) is 4.79 Å². The molecule has 0 unspecified atom stereocenters. The van der Waals surface area contributed by atoms with Crippen LogP contribution in [0.4, 0.5) is 4.79 Å². The Morgan fingerprint density at radius 2 is 2.33 bits per heavy atom. The summed E-state index contributed by atoms with van der Waals surface area (Å²) in [5.41, 5.74) is 1.07. The third-order valence-electron chi connectivity index (χ3n) is 4.51. The molecule has 3 rings (SSSR count). The molecule has 5 nitrogen and oxygen atoms in total. The summed E-state index contributed by atoms with van der Waals surface area (Å²) in [6.45, 7) is 4.99. The van der Waals surface area contributed by atoms with Gasteiger partial charge < -0.3 is 10.6 Å². The smallest absolute Gasteiger partial charge is 0.315 e. The highest BCUT2D eigenvalue weighted by Crippen LogP contribution is 2.26. The second-order valence-electron chi connectivity index (χ2n) is 6.00. The molecule has 3 heterocycles. The van der Waals surface area contributed by atoms with E-state index in [1.807, 2.05) is 6.92 Å². The number of piperidine rings is 1. The van der Waals surface area contributed by atoms with Crippen molar-refractivity contribution in [1.29, 1.82) is 0 Å². The third kappa shape index (κ3) is 3.74. The number of carbonyl (C=O) groups excluding carboxylic acids is 1. The summed E-state index contributed by atoms with van der Waals surface area (Å²) in [7, 11) is 0. The summed E-state index contributed by atoms with van der Waals surface area (Å²) < 4.78 is 0. The molecule has 6 heteroatoms. The fourth-order valence-electron chi connectivity index (χ4n) is 3.46. The lowest BCUT2D eigenvalue weighted by Crippen LogP contribution is -2.49. The first kappa shape index (κ1) is 14.8. The minimum atomic E-state index is -0.0284. The Hall–Kier alpha value is -1.14. The predicted octanol–water partition coefficient (Wildman–Crippen LogP) is 1.92. The predicted molar refractivity (Wildman–Crippen MR) is 84.7 cm³/mol. The summed E-state index contributed by atoms with van der Waals surface area (Å²) in [6.07, 6.45) is 5.72. The lowest BCUT2D eigenvalue weighted by molar-refractivity contribution is 0.179. The average molecular weight is 308 g/mol. The van der Waals surface area contributed by atoms with Crippen LogP contribution in [-0.2, 0) is 6.42 Å². The van der Waals surface area contributed by atoms with Crippen molar-refractivity contribution in [3.05, 3.63) is 16.1 Å². The summed E-state index contributed by atoms with van der Waals surface area (Å²) in [4.78, 5) is 18.9. The van der Waals surface area contributed by atoms with Gasteiger partial charge in [0.2, 0.25) is 0 Å². The molecule has 1 aromatic rings. The van der Waals surface area contributed by atoms with E-state index in [0.29, 0.717) is 18.6 Å². The van der Waals surface area contributed by atoms with Gasteiger partial charge in [-0.2, -0.15) is 0 Å². The number of rotatable bonds is 4. The van der Waals surface area contributed by atoms with Gasteiger partial charge in [0.05, 0.1) is 10.7 Å². The van der Waals surface area contributed by atoms with Crippen LogP contribution in [0.5, 0.6) is 0 Å². The van der Waals surface area contributed by atoms with E-state index in [4.69, 9.17) is 0 Å². The maximum Gasteiger partial charge on any atom is 0.315 e. The fourth-order valence-corrected chi connectivity index (χ4v) is 4.11. The summed E-state index contributed by atoms with van der Waals surface area (Å²) in [6, 6.07) is 0.858. The van der Waals surface area contributed by atoms with Crippen LogP contribution in [0.1, 0.15) is 36.4 Å². The standard InChI is InChI=1S/C15H24N4OS/c1-11-17-12(10-21-11)5-7-16-15(20)18-13-6-9-19-8-3-2-4-14(13)19/h10,13-14H,2-9H2,1H3,(H2,16,18,20)/t13-,14-/m1/s1. The van der Waals surface area contributed by atoms with E-state index >= 15 is 0 Å². The topological polar surface area (TPSA) is 57.3 Å². The van der Waals surface area contributed by atoms with Gasteiger partial charge in [-0.1, -0.05) is 6.42 Å². The first-order valence-corrected chi connectivity index (χ1v) is 8.80. The lowest BCUT2D eigenvalue weighted by atomic mass is 9.99. The van der Waals surface area contributed by atoms with Gasteiger partial charge in [0.1, 0.15) is 0 Å². The Morgan fingerprint density at radius 1 is 1.43 bits per heavy atom. The Morgan fingerprint density at radius 3 is 3.14 bits per heavy atom. The molecule has 0 aliphatic carbocycles. The molecule has 2 aliphatic heterocycles. The zero-order chi connectivity index (χ0) is 14.7. The van der Waals surface area contributed by atoms with E-state index in [1.165, 1.54) is 25.8 Å². The zero-order valence-corrected chi connectivity index (χ0v) is 13.4.